The van der Waals surface area contributed by atoms with Gasteiger partial charge in [0.05, 0.1) is 11.1 Å². The molecule has 1 fully saturated rings. The second-order valence-corrected chi connectivity index (χ2v) is 8.89. The summed E-state index contributed by atoms with van der Waals surface area (Å²) in [4.78, 5) is 20.3. The Hall–Kier alpha value is -2.98. The SMILES string of the molecule is CC(C)NC(=O)[C@]1(Cc2ccccc2-c2ccccc2)CCN(Cc2ccccn2)C1. The van der Waals surface area contributed by atoms with Crippen LogP contribution in [0.5, 0.6) is 0 Å². The van der Waals surface area contributed by atoms with Gasteiger partial charge in [0.15, 0.2) is 0 Å². The monoisotopic (exact) mass is 413 g/mol. The minimum atomic E-state index is -0.441. The van der Waals surface area contributed by atoms with E-state index in [1.807, 2.05) is 38.2 Å². The maximum absolute atomic E-state index is 13.5. The highest BCUT2D eigenvalue weighted by atomic mass is 16.2. The summed E-state index contributed by atoms with van der Waals surface area (Å²) < 4.78 is 0. The number of hydrogen-bond donors (Lipinski definition) is 1. The average Bonchev–Trinajstić information content (AvgIpc) is 3.19. The molecule has 1 aromatic heterocycles. The van der Waals surface area contributed by atoms with Gasteiger partial charge < -0.3 is 5.32 Å². The van der Waals surface area contributed by atoms with Crippen LogP contribution in [-0.2, 0) is 17.8 Å². The minimum Gasteiger partial charge on any atom is -0.353 e. The van der Waals surface area contributed by atoms with Crippen LogP contribution >= 0.6 is 0 Å². The largest absolute Gasteiger partial charge is 0.353 e. The van der Waals surface area contributed by atoms with Crippen LogP contribution in [0.1, 0.15) is 31.5 Å². The Balaban J connectivity index is 1.62. The van der Waals surface area contributed by atoms with E-state index in [0.29, 0.717) is 0 Å². The summed E-state index contributed by atoms with van der Waals surface area (Å²) in [6.07, 6.45) is 3.41. The molecule has 1 atom stereocenters. The third-order valence-corrected chi connectivity index (χ3v) is 6.08. The number of nitrogens with one attached hydrogen (secondary N) is 1. The minimum absolute atomic E-state index is 0.124. The van der Waals surface area contributed by atoms with Crippen LogP contribution in [0.15, 0.2) is 79.0 Å². The van der Waals surface area contributed by atoms with Gasteiger partial charge in [0, 0.05) is 25.3 Å². The van der Waals surface area contributed by atoms with Crippen LogP contribution in [0.25, 0.3) is 11.1 Å². The van der Waals surface area contributed by atoms with Gasteiger partial charge in [-0.25, -0.2) is 0 Å². The molecule has 0 spiro atoms. The van der Waals surface area contributed by atoms with Crippen LogP contribution in [0.2, 0.25) is 0 Å². The van der Waals surface area contributed by atoms with E-state index in [2.05, 4.69) is 69.8 Å². The molecule has 0 unspecified atom stereocenters. The van der Waals surface area contributed by atoms with Gasteiger partial charge in [-0.2, -0.15) is 0 Å². The first-order chi connectivity index (χ1) is 15.1. The fraction of sp³-hybridized carbons (Fsp3) is 0.333. The number of likely N-dealkylation sites (tertiary alicyclic amines) is 1. The zero-order chi connectivity index (χ0) is 21.7. The van der Waals surface area contributed by atoms with Crippen LogP contribution in [0, 0.1) is 5.41 Å². The fourth-order valence-electron chi connectivity index (χ4n) is 4.58. The van der Waals surface area contributed by atoms with Crippen molar-refractivity contribution in [2.45, 2.75) is 39.3 Å². The van der Waals surface area contributed by atoms with Crippen LogP contribution in [-0.4, -0.2) is 34.9 Å². The van der Waals surface area contributed by atoms with E-state index in [1.165, 1.54) is 16.7 Å². The summed E-state index contributed by atoms with van der Waals surface area (Å²) in [5.74, 6) is 0.161. The molecule has 2 heterocycles. The number of pyridine rings is 1. The first-order valence-corrected chi connectivity index (χ1v) is 11.1. The Morgan fingerprint density at radius 1 is 1.03 bits per heavy atom. The lowest BCUT2D eigenvalue weighted by molar-refractivity contribution is -0.131. The Morgan fingerprint density at radius 2 is 1.77 bits per heavy atom. The van der Waals surface area contributed by atoms with Crippen molar-refractivity contribution in [2.24, 2.45) is 5.41 Å². The van der Waals surface area contributed by atoms with Crippen molar-refractivity contribution in [3.05, 3.63) is 90.3 Å². The summed E-state index contributed by atoms with van der Waals surface area (Å²) in [6.45, 7) is 6.48. The average molecular weight is 414 g/mol. The number of benzene rings is 2. The maximum Gasteiger partial charge on any atom is 0.228 e. The van der Waals surface area contributed by atoms with Crippen molar-refractivity contribution in [3.8, 4) is 11.1 Å². The highest BCUT2D eigenvalue weighted by Gasteiger charge is 2.45. The molecule has 1 saturated heterocycles. The summed E-state index contributed by atoms with van der Waals surface area (Å²) in [5.41, 5.74) is 4.24. The van der Waals surface area contributed by atoms with Crippen molar-refractivity contribution < 1.29 is 4.79 Å². The topological polar surface area (TPSA) is 45.2 Å². The Bertz CT molecular complexity index is 1000. The Morgan fingerprint density at radius 3 is 2.52 bits per heavy atom. The van der Waals surface area contributed by atoms with Gasteiger partial charge in [0.25, 0.3) is 0 Å². The molecular weight excluding hydrogens is 382 g/mol. The lowest BCUT2D eigenvalue weighted by atomic mass is 9.78. The number of carbonyl (C=O) groups is 1. The second kappa shape index (κ2) is 9.44. The van der Waals surface area contributed by atoms with Gasteiger partial charge in [0.1, 0.15) is 0 Å². The molecule has 1 amide bonds. The zero-order valence-electron chi connectivity index (χ0n) is 18.4. The number of rotatable bonds is 7. The Labute approximate surface area is 185 Å². The molecule has 31 heavy (non-hydrogen) atoms. The van der Waals surface area contributed by atoms with E-state index in [0.717, 1.165) is 38.2 Å². The molecule has 0 saturated carbocycles. The van der Waals surface area contributed by atoms with E-state index in [4.69, 9.17) is 0 Å². The molecule has 1 aliphatic rings. The summed E-state index contributed by atoms with van der Waals surface area (Å²) in [6, 6.07) is 25.1. The van der Waals surface area contributed by atoms with E-state index in [1.54, 1.807) is 0 Å². The third-order valence-electron chi connectivity index (χ3n) is 6.08. The van der Waals surface area contributed by atoms with E-state index in [9.17, 15) is 4.79 Å². The molecule has 160 valence electrons. The summed E-state index contributed by atoms with van der Waals surface area (Å²) >= 11 is 0. The standard InChI is InChI=1S/C27H31N3O/c1-21(2)29-26(31)27(15-17-30(20-27)19-24-13-8-9-16-28-24)18-23-12-6-7-14-25(23)22-10-4-3-5-11-22/h3-14,16,21H,15,17-20H2,1-2H3,(H,29,31)/t27-/m0/s1. The van der Waals surface area contributed by atoms with E-state index >= 15 is 0 Å². The quantitative estimate of drug-likeness (QED) is 0.610. The molecule has 4 nitrogen and oxygen atoms in total. The van der Waals surface area contributed by atoms with Crippen LogP contribution < -0.4 is 5.32 Å². The summed E-state index contributed by atoms with van der Waals surface area (Å²) in [5, 5.41) is 3.21. The van der Waals surface area contributed by atoms with Crippen molar-refractivity contribution >= 4 is 5.91 Å². The van der Waals surface area contributed by atoms with Crippen molar-refractivity contribution in [1.82, 2.24) is 15.2 Å². The number of carbonyl (C=O) groups excluding carboxylic acids is 1. The van der Waals surface area contributed by atoms with Gasteiger partial charge in [-0.15, -0.1) is 0 Å². The normalized spacial score (nSPS) is 18.9. The fourth-order valence-corrected chi connectivity index (χ4v) is 4.58. The molecule has 2 aromatic carbocycles. The molecular formula is C27H31N3O. The highest BCUT2D eigenvalue weighted by molar-refractivity contribution is 5.84. The van der Waals surface area contributed by atoms with Gasteiger partial charge >= 0.3 is 0 Å². The maximum atomic E-state index is 13.5. The predicted molar refractivity (Wildman–Crippen MR) is 125 cm³/mol. The van der Waals surface area contributed by atoms with Crippen molar-refractivity contribution in [1.29, 1.82) is 0 Å². The molecule has 4 heteroatoms. The van der Waals surface area contributed by atoms with Crippen molar-refractivity contribution in [3.63, 3.8) is 0 Å². The molecule has 0 bridgehead atoms. The van der Waals surface area contributed by atoms with Gasteiger partial charge in [-0.1, -0.05) is 60.7 Å². The Kier molecular flexibility index (Phi) is 6.47. The summed E-state index contributed by atoms with van der Waals surface area (Å²) in [7, 11) is 0. The number of aromatic nitrogens is 1. The highest BCUT2D eigenvalue weighted by Crippen LogP contribution is 2.38. The number of amides is 1. The first-order valence-electron chi connectivity index (χ1n) is 11.1. The van der Waals surface area contributed by atoms with Crippen LogP contribution in [0.3, 0.4) is 0 Å². The van der Waals surface area contributed by atoms with Crippen molar-refractivity contribution in [2.75, 3.05) is 13.1 Å². The molecule has 4 rings (SSSR count). The molecule has 1 N–H and O–H groups in total. The molecule has 3 aromatic rings. The van der Waals surface area contributed by atoms with Gasteiger partial charge in [-0.05, 0) is 62.1 Å². The molecule has 0 radical (unpaired) electrons. The van der Waals surface area contributed by atoms with Gasteiger partial charge in [0.2, 0.25) is 5.91 Å². The number of nitrogens with zero attached hydrogens (tertiary/aromatic N) is 2. The third kappa shape index (κ3) is 5.02. The molecule has 1 aliphatic heterocycles. The first kappa shape index (κ1) is 21.3. The number of hydrogen-bond acceptors (Lipinski definition) is 3. The molecule has 0 aliphatic carbocycles. The van der Waals surface area contributed by atoms with E-state index in [-0.39, 0.29) is 11.9 Å². The van der Waals surface area contributed by atoms with E-state index < -0.39 is 5.41 Å². The zero-order valence-corrected chi connectivity index (χ0v) is 18.4. The lowest BCUT2D eigenvalue weighted by Crippen LogP contribution is -2.46. The smallest absolute Gasteiger partial charge is 0.228 e. The lowest BCUT2D eigenvalue weighted by Gasteiger charge is -2.30. The second-order valence-electron chi connectivity index (χ2n) is 8.89. The van der Waals surface area contributed by atoms with Gasteiger partial charge in [-0.3, -0.25) is 14.7 Å². The van der Waals surface area contributed by atoms with Crippen LogP contribution in [0.4, 0.5) is 0 Å². The predicted octanol–water partition coefficient (Wildman–Crippen LogP) is 4.71.